The predicted molar refractivity (Wildman–Crippen MR) is 119 cm³/mol. The van der Waals surface area contributed by atoms with E-state index in [0.29, 0.717) is 0 Å². The monoisotopic (exact) mass is 436 g/mol. The van der Waals surface area contributed by atoms with E-state index in [4.69, 9.17) is 10.5 Å². The maximum Gasteiger partial charge on any atom is 0.387 e. The van der Waals surface area contributed by atoms with E-state index in [0.717, 1.165) is 81.4 Å². The van der Waals surface area contributed by atoms with Crippen LogP contribution in [0.4, 0.5) is 14.6 Å². The van der Waals surface area contributed by atoms with Crippen molar-refractivity contribution in [1.82, 2.24) is 14.8 Å². The number of nitrogens with two attached hydrogens (primary N) is 1. The van der Waals surface area contributed by atoms with Crippen LogP contribution in [0.1, 0.15) is 44.6 Å². The molecule has 2 fully saturated rings. The van der Waals surface area contributed by atoms with E-state index >= 15 is 0 Å². The maximum atomic E-state index is 12.7. The van der Waals surface area contributed by atoms with E-state index in [1.54, 1.807) is 12.3 Å². The fourth-order valence-electron chi connectivity index (χ4n) is 3.76. The van der Waals surface area contributed by atoms with Gasteiger partial charge in [-0.05, 0) is 49.7 Å². The van der Waals surface area contributed by atoms with Crippen LogP contribution in [0.5, 0.6) is 5.75 Å². The van der Waals surface area contributed by atoms with Crippen molar-refractivity contribution >= 4 is 11.4 Å². The third-order valence-electron chi connectivity index (χ3n) is 5.77. The van der Waals surface area contributed by atoms with Crippen molar-refractivity contribution in [2.45, 2.75) is 45.6 Å². The first kappa shape index (κ1) is 23.5. The maximum absolute atomic E-state index is 12.7. The van der Waals surface area contributed by atoms with Crippen LogP contribution in [0, 0.1) is 5.92 Å². The molecule has 1 aliphatic carbocycles. The van der Waals surface area contributed by atoms with E-state index < -0.39 is 6.61 Å². The van der Waals surface area contributed by atoms with Gasteiger partial charge in [0.05, 0.1) is 13.2 Å². The highest BCUT2D eigenvalue weighted by atomic mass is 19.3. The van der Waals surface area contributed by atoms with E-state index in [1.807, 2.05) is 6.92 Å². The van der Waals surface area contributed by atoms with Crippen LogP contribution < -0.4 is 10.5 Å². The van der Waals surface area contributed by atoms with Gasteiger partial charge in [0.2, 0.25) is 0 Å². The Bertz CT molecular complexity index is 762. The Morgan fingerprint density at radius 3 is 2.81 bits per heavy atom. The molecule has 2 N–H and O–H groups in total. The van der Waals surface area contributed by atoms with Gasteiger partial charge in [0.15, 0.2) is 11.6 Å². The molecule has 0 spiro atoms. The van der Waals surface area contributed by atoms with Crippen LogP contribution in [0.2, 0.25) is 0 Å². The molecule has 0 bridgehead atoms. The minimum Gasteiger partial charge on any atom is -0.431 e. The molecule has 2 heterocycles. The van der Waals surface area contributed by atoms with Crippen molar-refractivity contribution in [3.63, 3.8) is 0 Å². The van der Waals surface area contributed by atoms with Crippen LogP contribution in [-0.2, 0) is 4.74 Å². The molecule has 0 atom stereocenters. The Labute approximate surface area is 183 Å². The lowest BCUT2D eigenvalue weighted by atomic mass is 10.1. The molecule has 0 amide bonds. The van der Waals surface area contributed by atoms with Gasteiger partial charge < -0.3 is 20.1 Å². The normalized spacial score (nSPS) is 17.7. The van der Waals surface area contributed by atoms with Crippen LogP contribution >= 0.6 is 0 Å². The third-order valence-corrected chi connectivity index (χ3v) is 5.77. The van der Waals surface area contributed by atoms with Gasteiger partial charge in [-0.2, -0.15) is 8.78 Å². The first-order chi connectivity index (χ1) is 15.0. The summed E-state index contributed by atoms with van der Waals surface area (Å²) in [6, 6.07) is 1.54. The Morgan fingerprint density at radius 1 is 1.42 bits per heavy atom. The third kappa shape index (κ3) is 7.47. The number of allylic oxidation sites excluding steroid dienone is 2. The van der Waals surface area contributed by atoms with Gasteiger partial charge in [0.25, 0.3) is 0 Å². The fraction of sp³-hybridized carbons (Fsp3) is 0.609. The standard InChI is InChI=1S/C23H34F2N4O2/c1-3-19(20-14-21(31-23(24)25)22(26)27-15-20)16-29(17(2)13-18-5-6-18)8-4-7-28-9-11-30-12-10-28/h14-16,18,23H,2-13H2,1H3,(H2,26,27)/b19-16+. The number of rotatable bonds is 12. The van der Waals surface area contributed by atoms with Gasteiger partial charge in [0, 0.05) is 49.8 Å². The molecular weight excluding hydrogens is 402 g/mol. The van der Waals surface area contributed by atoms with E-state index in [2.05, 4.69) is 32.3 Å². The Morgan fingerprint density at radius 2 is 2.16 bits per heavy atom. The van der Waals surface area contributed by atoms with Crippen molar-refractivity contribution in [2.75, 3.05) is 45.1 Å². The first-order valence-corrected chi connectivity index (χ1v) is 11.1. The molecule has 1 aromatic heterocycles. The van der Waals surface area contributed by atoms with Crippen LogP contribution in [0.3, 0.4) is 0 Å². The molecule has 1 saturated heterocycles. The van der Waals surface area contributed by atoms with Crippen LogP contribution in [0.15, 0.2) is 30.7 Å². The Kier molecular flexibility index (Phi) is 8.66. The van der Waals surface area contributed by atoms with Gasteiger partial charge >= 0.3 is 6.61 Å². The molecule has 8 heteroatoms. The van der Waals surface area contributed by atoms with Crippen LogP contribution in [0.25, 0.3) is 5.57 Å². The summed E-state index contributed by atoms with van der Waals surface area (Å²) >= 11 is 0. The molecular formula is C23H34F2N4O2. The average Bonchev–Trinajstić information content (AvgIpc) is 3.56. The smallest absolute Gasteiger partial charge is 0.387 e. The summed E-state index contributed by atoms with van der Waals surface area (Å²) in [4.78, 5) is 8.70. The molecule has 2 aliphatic rings. The number of anilines is 1. The zero-order valence-corrected chi connectivity index (χ0v) is 18.4. The van der Waals surface area contributed by atoms with Crippen molar-refractivity contribution < 1.29 is 18.3 Å². The lowest BCUT2D eigenvalue weighted by molar-refractivity contribution is -0.0495. The Hall–Kier alpha value is -2.19. The quantitative estimate of drug-likeness (QED) is 0.525. The van der Waals surface area contributed by atoms with Gasteiger partial charge in [-0.1, -0.05) is 13.5 Å². The Balaban J connectivity index is 1.73. The zero-order chi connectivity index (χ0) is 22.2. The second kappa shape index (κ2) is 11.4. The first-order valence-electron chi connectivity index (χ1n) is 11.1. The van der Waals surface area contributed by atoms with Crippen LogP contribution in [-0.4, -0.2) is 60.8 Å². The number of pyridine rings is 1. The second-order valence-electron chi connectivity index (χ2n) is 8.21. The lowest BCUT2D eigenvalue weighted by Crippen LogP contribution is -2.37. The topological polar surface area (TPSA) is 63.9 Å². The van der Waals surface area contributed by atoms with Gasteiger partial charge in [-0.3, -0.25) is 4.90 Å². The molecule has 6 nitrogen and oxygen atoms in total. The van der Waals surface area contributed by atoms with Gasteiger partial charge in [0.1, 0.15) is 0 Å². The van der Waals surface area contributed by atoms with E-state index in [-0.39, 0.29) is 11.6 Å². The van der Waals surface area contributed by atoms with Gasteiger partial charge in [-0.15, -0.1) is 0 Å². The summed E-state index contributed by atoms with van der Waals surface area (Å²) in [5.41, 5.74) is 8.51. The minimum absolute atomic E-state index is 0.0417. The van der Waals surface area contributed by atoms with Crippen molar-refractivity contribution in [2.24, 2.45) is 5.92 Å². The highest BCUT2D eigenvalue weighted by Gasteiger charge is 2.24. The molecule has 0 radical (unpaired) electrons. The largest absolute Gasteiger partial charge is 0.431 e. The zero-order valence-electron chi connectivity index (χ0n) is 18.4. The summed E-state index contributed by atoms with van der Waals surface area (Å²) < 4.78 is 35.4. The molecule has 1 aliphatic heterocycles. The molecule has 0 aromatic carbocycles. The number of morpholine rings is 1. The van der Waals surface area contributed by atoms with E-state index in [1.165, 1.54) is 12.8 Å². The molecule has 1 aromatic rings. The second-order valence-corrected chi connectivity index (χ2v) is 8.21. The van der Waals surface area contributed by atoms with Crippen molar-refractivity contribution in [3.8, 4) is 5.75 Å². The SMILES string of the molecule is C=C(CC1CC1)N(/C=C(\CC)c1cnc(N)c(OC(F)F)c1)CCCN1CCOCC1. The number of aromatic nitrogens is 1. The van der Waals surface area contributed by atoms with E-state index in [9.17, 15) is 8.78 Å². The summed E-state index contributed by atoms with van der Waals surface area (Å²) in [7, 11) is 0. The average molecular weight is 437 g/mol. The van der Waals surface area contributed by atoms with Crippen molar-refractivity contribution in [1.29, 1.82) is 0 Å². The lowest BCUT2D eigenvalue weighted by Gasteiger charge is -2.29. The number of hydrogen-bond acceptors (Lipinski definition) is 6. The fourth-order valence-corrected chi connectivity index (χ4v) is 3.76. The predicted octanol–water partition coefficient (Wildman–Crippen LogP) is 4.35. The number of alkyl halides is 2. The number of ether oxygens (including phenoxy) is 2. The number of nitrogen functional groups attached to an aromatic ring is 1. The highest BCUT2D eigenvalue weighted by Crippen LogP contribution is 2.36. The molecule has 31 heavy (non-hydrogen) atoms. The highest BCUT2D eigenvalue weighted by molar-refractivity contribution is 5.67. The van der Waals surface area contributed by atoms with Crippen molar-refractivity contribution in [3.05, 3.63) is 36.3 Å². The molecule has 1 saturated carbocycles. The molecule has 3 rings (SSSR count). The summed E-state index contributed by atoms with van der Waals surface area (Å²) in [6.07, 6.45) is 8.95. The number of nitrogens with zero attached hydrogens (tertiary/aromatic N) is 3. The van der Waals surface area contributed by atoms with Gasteiger partial charge in [-0.25, -0.2) is 4.98 Å². The molecule has 172 valence electrons. The summed E-state index contributed by atoms with van der Waals surface area (Å²) in [5.74, 6) is 0.597. The molecule has 0 unspecified atom stereocenters. The number of halogens is 2. The summed E-state index contributed by atoms with van der Waals surface area (Å²) in [5, 5.41) is 0. The minimum atomic E-state index is -2.94. The summed E-state index contributed by atoms with van der Waals surface area (Å²) in [6.45, 7) is 8.85. The number of hydrogen-bond donors (Lipinski definition) is 1.